The minimum absolute atomic E-state index is 0.0167. The first-order chi connectivity index (χ1) is 10.8. The molecule has 6 heteroatoms. The van der Waals surface area contributed by atoms with E-state index in [1.807, 2.05) is 24.4 Å². The van der Waals surface area contributed by atoms with Crippen LogP contribution in [-0.2, 0) is 4.79 Å². The molecular weight excluding hydrogens is 312 g/mol. The fraction of sp³-hybridized carbons (Fsp3) is 0.647. The summed E-state index contributed by atoms with van der Waals surface area (Å²) in [5.41, 5.74) is -0.910. The minimum Gasteiger partial charge on any atom is -0.389 e. The lowest BCUT2D eigenvalue weighted by Gasteiger charge is -2.36. The molecular formula is C17H26N2O3S. The Morgan fingerprint density at radius 3 is 2.78 bits per heavy atom. The summed E-state index contributed by atoms with van der Waals surface area (Å²) in [6.07, 6.45) is 1.64. The maximum atomic E-state index is 12.7. The summed E-state index contributed by atoms with van der Waals surface area (Å²) in [7, 11) is 0. The van der Waals surface area contributed by atoms with Gasteiger partial charge in [0.25, 0.3) is 5.91 Å². The molecule has 2 rings (SSSR count). The molecule has 0 bridgehead atoms. The highest BCUT2D eigenvalue weighted by atomic mass is 32.1. The number of piperidine rings is 1. The molecule has 2 amide bonds. The molecule has 1 N–H and O–H groups in total. The zero-order valence-electron chi connectivity index (χ0n) is 14.1. The Bertz CT molecular complexity index is 537. The summed E-state index contributed by atoms with van der Waals surface area (Å²) in [4.78, 5) is 29.4. The van der Waals surface area contributed by atoms with Crippen LogP contribution >= 0.6 is 11.3 Å². The number of hydrogen-bond donors (Lipinski definition) is 1. The van der Waals surface area contributed by atoms with Crippen molar-refractivity contribution in [3.8, 4) is 0 Å². The third kappa shape index (κ3) is 4.78. The molecule has 1 saturated heterocycles. The zero-order valence-corrected chi connectivity index (χ0v) is 14.9. The quantitative estimate of drug-likeness (QED) is 0.895. The Morgan fingerprint density at radius 1 is 1.48 bits per heavy atom. The largest absolute Gasteiger partial charge is 0.389 e. The summed E-state index contributed by atoms with van der Waals surface area (Å²) in [5, 5.41) is 11.9. The second-order valence-electron chi connectivity index (χ2n) is 6.73. The Kier molecular flexibility index (Phi) is 5.81. The molecule has 1 fully saturated rings. The van der Waals surface area contributed by atoms with Gasteiger partial charge in [-0.05, 0) is 45.1 Å². The number of carbonyl (C=O) groups is 2. The number of likely N-dealkylation sites (N-methyl/N-ethyl adjacent to an activating group) is 1. The minimum atomic E-state index is -0.910. The van der Waals surface area contributed by atoms with Crippen molar-refractivity contribution < 1.29 is 14.7 Å². The predicted octanol–water partition coefficient (Wildman–Crippen LogP) is 2.22. The van der Waals surface area contributed by atoms with E-state index < -0.39 is 5.60 Å². The van der Waals surface area contributed by atoms with Gasteiger partial charge in [-0.3, -0.25) is 9.59 Å². The lowest BCUT2D eigenvalue weighted by atomic mass is 9.95. The SMILES string of the molecule is CCN(CC(C)(C)O)C(=O)C1CCCN(C(=O)c2cccs2)C1. The number of likely N-dealkylation sites (tertiary alicyclic amines) is 1. The van der Waals surface area contributed by atoms with Gasteiger partial charge in [0.05, 0.1) is 16.4 Å². The molecule has 1 aliphatic rings. The fourth-order valence-corrected chi connectivity index (χ4v) is 3.68. The zero-order chi connectivity index (χ0) is 17.0. The van der Waals surface area contributed by atoms with Crippen molar-refractivity contribution >= 4 is 23.2 Å². The molecule has 0 aromatic carbocycles. The van der Waals surface area contributed by atoms with E-state index in [4.69, 9.17) is 0 Å². The predicted molar refractivity (Wildman–Crippen MR) is 91.5 cm³/mol. The van der Waals surface area contributed by atoms with Crippen molar-refractivity contribution in [2.75, 3.05) is 26.2 Å². The number of amides is 2. The van der Waals surface area contributed by atoms with Gasteiger partial charge in [-0.25, -0.2) is 0 Å². The molecule has 1 aliphatic heterocycles. The molecule has 1 atom stereocenters. The van der Waals surface area contributed by atoms with Crippen LogP contribution in [-0.4, -0.2) is 58.5 Å². The lowest BCUT2D eigenvalue weighted by molar-refractivity contribution is -0.139. The van der Waals surface area contributed by atoms with E-state index in [9.17, 15) is 14.7 Å². The second-order valence-corrected chi connectivity index (χ2v) is 7.68. The number of carbonyl (C=O) groups excluding carboxylic acids is 2. The molecule has 5 nitrogen and oxygen atoms in total. The summed E-state index contributed by atoms with van der Waals surface area (Å²) in [5.74, 6) is -0.115. The van der Waals surface area contributed by atoms with Crippen LogP contribution in [0.15, 0.2) is 17.5 Å². The van der Waals surface area contributed by atoms with Gasteiger partial charge < -0.3 is 14.9 Å². The Hall–Kier alpha value is -1.40. The van der Waals surface area contributed by atoms with E-state index in [1.165, 1.54) is 11.3 Å². The molecule has 128 valence electrons. The highest BCUT2D eigenvalue weighted by Gasteiger charge is 2.32. The summed E-state index contributed by atoms with van der Waals surface area (Å²) in [6.45, 7) is 7.39. The highest BCUT2D eigenvalue weighted by molar-refractivity contribution is 7.12. The van der Waals surface area contributed by atoms with E-state index >= 15 is 0 Å². The van der Waals surface area contributed by atoms with Crippen molar-refractivity contribution in [1.82, 2.24) is 9.80 Å². The number of nitrogens with zero attached hydrogens (tertiary/aromatic N) is 2. The smallest absolute Gasteiger partial charge is 0.263 e. The average Bonchev–Trinajstić information content (AvgIpc) is 3.05. The Balaban J connectivity index is 2.02. The van der Waals surface area contributed by atoms with Gasteiger partial charge in [-0.1, -0.05) is 6.07 Å². The first kappa shape index (κ1) is 17.9. The van der Waals surface area contributed by atoms with Crippen LogP contribution in [0.2, 0.25) is 0 Å². The van der Waals surface area contributed by atoms with Crippen LogP contribution in [0, 0.1) is 5.92 Å². The van der Waals surface area contributed by atoms with Crippen molar-refractivity contribution in [3.05, 3.63) is 22.4 Å². The van der Waals surface area contributed by atoms with Crippen LogP contribution in [0.5, 0.6) is 0 Å². The molecule has 0 radical (unpaired) electrons. The molecule has 0 spiro atoms. The van der Waals surface area contributed by atoms with Gasteiger partial charge >= 0.3 is 0 Å². The average molecular weight is 338 g/mol. The third-order valence-corrected chi connectivity index (χ3v) is 4.92. The fourth-order valence-electron chi connectivity index (χ4n) is 2.99. The van der Waals surface area contributed by atoms with Crippen LogP contribution in [0.25, 0.3) is 0 Å². The maximum absolute atomic E-state index is 12.7. The van der Waals surface area contributed by atoms with Crippen LogP contribution in [0.1, 0.15) is 43.3 Å². The van der Waals surface area contributed by atoms with E-state index in [-0.39, 0.29) is 17.7 Å². The van der Waals surface area contributed by atoms with Crippen molar-refractivity contribution in [3.63, 3.8) is 0 Å². The first-order valence-electron chi connectivity index (χ1n) is 8.15. The molecule has 2 heterocycles. The van der Waals surface area contributed by atoms with Gasteiger partial charge in [0.1, 0.15) is 0 Å². The summed E-state index contributed by atoms with van der Waals surface area (Å²) in [6, 6.07) is 3.69. The van der Waals surface area contributed by atoms with Gasteiger partial charge in [0.15, 0.2) is 0 Å². The second kappa shape index (κ2) is 7.45. The Labute approximate surface area is 141 Å². The van der Waals surface area contributed by atoms with E-state index in [1.54, 1.807) is 23.6 Å². The van der Waals surface area contributed by atoms with Gasteiger partial charge in [0, 0.05) is 26.2 Å². The van der Waals surface area contributed by atoms with Gasteiger partial charge in [0.2, 0.25) is 5.91 Å². The third-order valence-electron chi connectivity index (χ3n) is 4.06. The monoisotopic (exact) mass is 338 g/mol. The van der Waals surface area contributed by atoms with Crippen LogP contribution in [0.3, 0.4) is 0 Å². The standard InChI is InChI=1S/C17H26N2O3S/c1-4-18(12-17(2,3)22)15(20)13-7-5-9-19(11-13)16(21)14-8-6-10-23-14/h6,8,10,13,22H,4-5,7,9,11-12H2,1-3H3. The van der Waals surface area contributed by atoms with Crippen LogP contribution in [0.4, 0.5) is 0 Å². The topological polar surface area (TPSA) is 60.9 Å². The van der Waals surface area contributed by atoms with E-state index in [0.29, 0.717) is 26.2 Å². The first-order valence-corrected chi connectivity index (χ1v) is 9.03. The molecule has 1 aromatic rings. The number of hydrogen-bond acceptors (Lipinski definition) is 4. The maximum Gasteiger partial charge on any atom is 0.263 e. The lowest BCUT2D eigenvalue weighted by Crippen LogP contribution is -2.49. The highest BCUT2D eigenvalue weighted by Crippen LogP contribution is 2.22. The van der Waals surface area contributed by atoms with E-state index in [2.05, 4.69) is 0 Å². The van der Waals surface area contributed by atoms with Gasteiger partial charge in [-0.15, -0.1) is 11.3 Å². The van der Waals surface area contributed by atoms with Crippen molar-refractivity contribution in [1.29, 1.82) is 0 Å². The van der Waals surface area contributed by atoms with Crippen molar-refractivity contribution in [2.24, 2.45) is 5.92 Å². The normalized spacial score (nSPS) is 18.8. The van der Waals surface area contributed by atoms with Crippen LogP contribution < -0.4 is 0 Å². The number of aliphatic hydroxyl groups is 1. The summed E-state index contributed by atoms with van der Waals surface area (Å²) >= 11 is 1.43. The molecule has 0 saturated carbocycles. The molecule has 1 unspecified atom stereocenters. The summed E-state index contributed by atoms with van der Waals surface area (Å²) < 4.78 is 0. The number of thiophene rings is 1. The molecule has 0 aliphatic carbocycles. The van der Waals surface area contributed by atoms with Gasteiger partial charge in [-0.2, -0.15) is 0 Å². The Morgan fingerprint density at radius 2 is 2.22 bits per heavy atom. The number of rotatable bonds is 5. The molecule has 1 aromatic heterocycles. The van der Waals surface area contributed by atoms with E-state index in [0.717, 1.165) is 17.7 Å². The van der Waals surface area contributed by atoms with Crippen molar-refractivity contribution in [2.45, 2.75) is 39.2 Å². The molecule has 23 heavy (non-hydrogen) atoms.